The number of nitrogens with one attached hydrogen (secondary N) is 1. The summed E-state index contributed by atoms with van der Waals surface area (Å²) in [7, 11) is 0. The summed E-state index contributed by atoms with van der Waals surface area (Å²) in [4.78, 5) is 12.5. The highest BCUT2D eigenvalue weighted by atomic mass is 79.9. The van der Waals surface area contributed by atoms with Crippen molar-refractivity contribution >= 4 is 56.8 Å². The second-order valence-electron chi connectivity index (χ2n) is 6.76. The van der Waals surface area contributed by atoms with Crippen LogP contribution in [0.5, 0.6) is 11.5 Å². The van der Waals surface area contributed by atoms with Crippen LogP contribution in [0.3, 0.4) is 0 Å². The van der Waals surface area contributed by atoms with Gasteiger partial charge in [-0.05, 0) is 67.1 Å². The van der Waals surface area contributed by atoms with Gasteiger partial charge in [0.1, 0.15) is 18.2 Å². The number of rotatable bonds is 8. The van der Waals surface area contributed by atoms with Crippen LogP contribution in [0.1, 0.15) is 18.1 Å². The molecule has 0 spiro atoms. The van der Waals surface area contributed by atoms with E-state index >= 15 is 0 Å². The molecule has 0 heterocycles. The average molecular weight is 546 g/mol. The monoisotopic (exact) mass is 544 g/mol. The van der Waals surface area contributed by atoms with Crippen LogP contribution in [0.2, 0.25) is 10.0 Å². The molecule has 33 heavy (non-hydrogen) atoms. The lowest BCUT2D eigenvalue weighted by atomic mass is 10.1. The number of carbonyl (C=O) groups is 1. The van der Waals surface area contributed by atoms with E-state index < -0.39 is 5.91 Å². The van der Waals surface area contributed by atoms with Crippen LogP contribution >= 0.6 is 39.1 Å². The molecular weight excluding hydrogens is 527 g/mol. The second-order valence-corrected chi connectivity index (χ2v) is 8.49. The van der Waals surface area contributed by atoms with Gasteiger partial charge in [-0.2, -0.15) is 5.26 Å². The normalized spacial score (nSPS) is 10.9. The van der Waals surface area contributed by atoms with Crippen molar-refractivity contribution in [1.82, 2.24) is 0 Å². The van der Waals surface area contributed by atoms with E-state index in [0.717, 1.165) is 4.47 Å². The largest absolute Gasteiger partial charge is 0.490 e. The lowest BCUT2D eigenvalue weighted by molar-refractivity contribution is -0.112. The van der Waals surface area contributed by atoms with E-state index in [4.69, 9.17) is 32.7 Å². The Hall–Kier alpha value is -2.98. The van der Waals surface area contributed by atoms with Gasteiger partial charge in [0.05, 0.1) is 6.61 Å². The summed E-state index contributed by atoms with van der Waals surface area (Å²) in [6.07, 6.45) is 1.49. The quantitative estimate of drug-likeness (QED) is 0.238. The van der Waals surface area contributed by atoms with Gasteiger partial charge in [0, 0.05) is 25.8 Å². The molecule has 3 rings (SSSR count). The van der Waals surface area contributed by atoms with Crippen molar-refractivity contribution in [3.05, 3.63) is 91.9 Å². The molecule has 0 saturated carbocycles. The van der Waals surface area contributed by atoms with E-state index in [1.807, 2.05) is 13.0 Å². The summed E-state index contributed by atoms with van der Waals surface area (Å²) in [5.74, 6) is 0.453. The van der Waals surface area contributed by atoms with Crippen LogP contribution in [-0.2, 0) is 11.4 Å². The standard InChI is InChI=1S/C25H19BrCl2N2O3/c1-2-32-24-13-16(6-11-23(24)33-15-20-21(27)4-3-5-22(20)28)12-17(14-29)25(31)30-19-9-7-18(26)8-10-19/h3-13H,2,15H2,1H3,(H,30,31)/b17-12+. The lowest BCUT2D eigenvalue weighted by Gasteiger charge is -2.14. The highest BCUT2D eigenvalue weighted by molar-refractivity contribution is 9.10. The number of hydrogen-bond donors (Lipinski definition) is 1. The van der Waals surface area contributed by atoms with Crippen molar-refractivity contribution in [3.8, 4) is 17.6 Å². The average Bonchev–Trinajstić information content (AvgIpc) is 2.80. The van der Waals surface area contributed by atoms with Gasteiger partial charge in [-0.25, -0.2) is 0 Å². The predicted molar refractivity (Wildman–Crippen MR) is 135 cm³/mol. The molecule has 3 aromatic rings. The molecule has 0 aliphatic rings. The predicted octanol–water partition coefficient (Wildman–Crippen LogP) is 7.28. The SMILES string of the molecule is CCOc1cc(/C=C(\C#N)C(=O)Nc2ccc(Br)cc2)ccc1OCc1c(Cl)cccc1Cl. The number of halogens is 3. The fourth-order valence-corrected chi connectivity index (χ4v) is 3.64. The number of benzene rings is 3. The Kier molecular flexibility index (Phi) is 8.79. The van der Waals surface area contributed by atoms with Gasteiger partial charge in [0.15, 0.2) is 11.5 Å². The fraction of sp³-hybridized carbons (Fsp3) is 0.120. The minimum Gasteiger partial charge on any atom is -0.490 e. The first-order valence-electron chi connectivity index (χ1n) is 9.92. The van der Waals surface area contributed by atoms with Crippen molar-refractivity contribution in [3.63, 3.8) is 0 Å². The second kappa shape index (κ2) is 11.8. The number of hydrogen-bond acceptors (Lipinski definition) is 4. The minimum absolute atomic E-state index is 0.0446. The number of nitrogens with zero attached hydrogens (tertiary/aromatic N) is 1. The van der Waals surface area contributed by atoms with Crippen LogP contribution in [0.4, 0.5) is 5.69 Å². The summed E-state index contributed by atoms with van der Waals surface area (Å²) in [5.41, 5.74) is 1.82. The summed E-state index contributed by atoms with van der Waals surface area (Å²) in [6, 6.07) is 19.4. The molecule has 8 heteroatoms. The highest BCUT2D eigenvalue weighted by Gasteiger charge is 2.13. The number of anilines is 1. The topological polar surface area (TPSA) is 71.3 Å². The summed E-state index contributed by atoms with van der Waals surface area (Å²) in [5, 5.41) is 13.2. The van der Waals surface area contributed by atoms with Gasteiger partial charge in [0.25, 0.3) is 5.91 Å². The van der Waals surface area contributed by atoms with E-state index in [0.29, 0.717) is 45.0 Å². The molecule has 3 aromatic carbocycles. The zero-order chi connectivity index (χ0) is 23.8. The molecule has 0 bridgehead atoms. The Morgan fingerprint density at radius 3 is 2.39 bits per heavy atom. The molecular formula is C25H19BrCl2N2O3. The lowest BCUT2D eigenvalue weighted by Crippen LogP contribution is -2.13. The number of amides is 1. The fourth-order valence-electron chi connectivity index (χ4n) is 2.87. The van der Waals surface area contributed by atoms with Crippen LogP contribution in [0.15, 0.2) is 70.7 Å². The van der Waals surface area contributed by atoms with Crippen molar-refractivity contribution in [2.75, 3.05) is 11.9 Å². The third-order valence-corrected chi connectivity index (χ3v) is 5.72. The van der Waals surface area contributed by atoms with Crippen LogP contribution in [0.25, 0.3) is 6.08 Å². The Bertz CT molecular complexity index is 1200. The van der Waals surface area contributed by atoms with Crippen molar-refractivity contribution in [2.45, 2.75) is 13.5 Å². The summed E-state index contributed by atoms with van der Waals surface area (Å²) < 4.78 is 12.5. The van der Waals surface area contributed by atoms with Gasteiger partial charge in [0.2, 0.25) is 0 Å². The first kappa shape index (κ1) is 24.7. The molecule has 0 aliphatic carbocycles. The first-order chi connectivity index (χ1) is 15.9. The molecule has 1 amide bonds. The van der Waals surface area contributed by atoms with E-state index in [1.54, 1.807) is 60.7 Å². The van der Waals surface area contributed by atoms with Gasteiger partial charge < -0.3 is 14.8 Å². The van der Waals surface area contributed by atoms with E-state index in [9.17, 15) is 10.1 Å². The molecule has 5 nitrogen and oxygen atoms in total. The maximum Gasteiger partial charge on any atom is 0.266 e. The third kappa shape index (κ3) is 6.75. The molecule has 0 saturated heterocycles. The molecule has 0 atom stereocenters. The summed E-state index contributed by atoms with van der Waals surface area (Å²) in [6.45, 7) is 2.42. The Labute approximate surface area is 210 Å². The third-order valence-electron chi connectivity index (χ3n) is 4.48. The number of ether oxygens (including phenoxy) is 2. The number of carbonyl (C=O) groups excluding carboxylic acids is 1. The van der Waals surface area contributed by atoms with Gasteiger partial charge in [-0.1, -0.05) is 51.3 Å². The number of nitriles is 1. The molecule has 0 aliphatic heterocycles. The van der Waals surface area contributed by atoms with Gasteiger partial charge in [-0.15, -0.1) is 0 Å². The maximum atomic E-state index is 12.5. The molecule has 1 N–H and O–H groups in total. The maximum absolute atomic E-state index is 12.5. The molecule has 0 unspecified atom stereocenters. The van der Waals surface area contributed by atoms with Crippen molar-refractivity contribution in [2.24, 2.45) is 0 Å². The van der Waals surface area contributed by atoms with Gasteiger partial charge in [-0.3, -0.25) is 4.79 Å². The van der Waals surface area contributed by atoms with Crippen molar-refractivity contribution < 1.29 is 14.3 Å². The summed E-state index contributed by atoms with van der Waals surface area (Å²) >= 11 is 15.8. The highest BCUT2D eigenvalue weighted by Crippen LogP contribution is 2.32. The van der Waals surface area contributed by atoms with Crippen molar-refractivity contribution in [1.29, 1.82) is 5.26 Å². The molecule has 0 fully saturated rings. The molecule has 0 radical (unpaired) electrons. The zero-order valence-electron chi connectivity index (χ0n) is 17.6. The van der Waals surface area contributed by atoms with E-state index in [1.165, 1.54) is 6.08 Å². The van der Waals surface area contributed by atoms with Crippen LogP contribution in [0, 0.1) is 11.3 Å². The van der Waals surface area contributed by atoms with E-state index in [-0.39, 0.29) is 12.2 Å². The first-order valence-corrected chi connectivity index (χ1v) is 11.5. The Morgan fingerprint density at radius 2 is 1.76 bits per heavy atom. The van der Waals surface area contributed by atoms with Gasteiger partial charge >= 0.3 is 0 Å². The Balaban J connectivity index is 1.80. The van der Waals surface area contributed by atoms with Crippen LogP contribution < -0.4 is 14.8 Å². The molecule has 0 aromatic heterocycles. The van der Waals surface area contributed by atoms with E-state index in [2.05, 4.69) is 21.2 Å². The smallest absolute Gasteiger partial charge is 0.266 e. The Morgan fingerprint density at radius 1 is 1.06 bits per heavy atom. The molecule has 168 valence electrons. The zero-order valence-corrected chi connectivity index (χ0v) is 20.7. The minimum atomic E-state index is -0.508. The van der Waals surface area contributed by atoms with Crippen LogP contribution in [-0.4, -0.2) is 12.5 Å².